The van der Waals surface area contributed by atoms with Gasteiger partial charge in [-0.25, -0.2) is 0 Å². The second kappa shape index (κ2) is 13.3. The summed E-state index contributed by atoms with van der Waals surface area (Å²) in [4.78, 5) is 0.793. The van der Waals surface area contributed by atoms with Gasteiger partial charge in [-0.15, -0.1) is 0 Å². The van der Waals surface area contributed by atoms with E-state index >= 15 is 0 Å². The van der Waals surface area contributed by atoms with Crippen molar-refractivity contribution >= 4 is 38.6 Å². The normalized spacial score (nSPS) is 17.5. The monoisotopic (exact) mass is 672 g/mol. The van der Waals surface area contributed by atoms with Gasteiger partial charge in [0.05, 0.1) is 37.2 Å². The van der Waals surface area contributed by atoms with Gasteiger partial charge in [-0.1, -0.05) is 175 Å². The van der Waals surface area contributed by atoms with Gasteiger partial charge in [-0.2, -0.15) is 0 Å². The topological polar surface area (TPSA) is 3.24 Å². The molecule has 9 rings (SSSR count). The van der Waals surface area contributed by atoms with Crippen molar-refractivity contribution in [2.75, 3.05) is 4.90 Å². The Morgan fingerprint density at radius 2 is 0.824 bits per heavy atom. The molecular formula is C50H35N. The highest BCUT2D eigenvalue weighted by Crippen LogP contribution is 2.47. The van der Waals surface area contributed by atoms with Gasteiger partial charge in [-0.05, 0) is 96.8 Å². The van der Waals surface area contributed by atoms with Crippen LogP contribution in [0.15, 0.2) is 212 Å². The van der Waals surface area contributed by atoms with Crippen molar-refractivity contribution in [1.29, 1.82) is 0 Å². The molecule has 240 valence electrons. The molecule has 0 aliphatic carbocycles. The quantitative estimate of drug-likeness (QED) is 0.152. The van der Waals surface area contributed by atoms with Crippen LogP contribution in [0, 0.1) is 0 Å². The van der Waals surface area contributed by atoms with Crippen molar-refractivity contribution in [3.8, 4) is 44.5 Å². The predicted octanol–water partition coefficient (Wildman–Crippen LogP) is 14.1. The maximum absolute atomic E-state index is 9.69. The number of hydrogen-bond donors (Lipinski definition) is 0. The Hall–Kier alpha value is -6.70. The number of fused-ring (bicyclic) bond motifs is 3. The molecule has 9 aromatic rings. The lowest BCUT2D eigenvalue weighted by Gasteiger charge is -2.30. The Balaban J connectivity index is 1.52. The average molecular weight is 673 g/mol. The molecule has 51 heavy (non-hydrogen) atoms. The molecule has 1 heteroatoms. The van der Waals surface area contributed by atoms with Crippen LogP contribution >= 0.6 is 0 Å². The van der Waals surface area contributed by atoms with E-state index in [1.165, 1.54) is 12.1 Å². The molecule has 0 atom stereocenters. The summed E-state index contributed by atoms with van der Waals surface area (Å²) >= 11 is 0. The summed E-state index contributed by atoms with van der Waals surface area (Å²) in [5, 5.41) is 2.82. The molecule has 1 nitrogen and oxygen atoms in total. The van der Waals surface area contributed by atoms with Crippen LogP contribution < -0.4 is 4.90 Å². The smallest absolute Gasteiger partial charge is 0.0645 e. The molecule has 9 aromatic carbocycles. The third kappa shape index (κ3) is 5.75. The Labute approximate surface area is 331 Å². The van der Waals surface area contributed by atoms with Crippen molar-refractivity contribution in [2.24, 2.45) is 0 Å². The second-order valence-electron chi connectivity index (χ2n) is 11.2. The van der Waals surface area contributed by atoms with Crippen molar-refractivity contribution in [2.45, 2.75) is 0 Å². The number of nitrogens with zero attached hydrogens (tertiary/aromatic N) is 1. The van der Waals surface area contributed by atoms with E-state index in [1.807, 2.05) is 24.3 Å². The summed E-state index contributed by atoms with van der Waals surface area (Å²) in [5.41, 5.74) is -5.22. The van der Waals surface area contributed by atoms with E-state index in [4.69, 9.17) is 17.8 Å². The SMILES string of the molecule is [2H]c1c([2H])c([2H])c(-c2c(-c3cc4ccccc4c4ccccc34)cccc2N(c2c([2H])c([2H])c(-c3c([2H])c([2H])c([2H])c([2H])c3[2H])c([2H])c2[2H])c2c([2H])c([2H])c(-c3c([2H])c([2H])c([2H])c([2H])c3[2H])c([2H])c2[2H])c([2H])c1[2H]. The molecule has 0 saturated heterocycles. The van der Waals surface area contributed by atoms with Crippen LogP contribution in [0.1, 0.15) is 31.5 Å². The molecule has 0 unspecified atom stereocenters. The fraction of sp³-hybridized carbons (Fsp3) is 0. The maximum Gasteiger partial charge on any atom is 0.0645 e. The van der Waals surface area contributed by atoms with Gasteiger partial charge in [0.15, 0.2) is 0 Å². The molecule has 0 saturated carbocycles. The lowest BCUT2D eigenvalue weighted by atomic mass is 9.87. The number of benzene rings is 9. The molecule has 0 radical (unpaired) electrons. The van der Waals surface area contributed by atoms with Crippen LogP contribution in [0.5, 0.6) is 0 Å². The summed E-state index contributed by atoms with van der Waals surface area (Å²) in [6, 6.07) is 0.0418. The van der Waals surface area contributed by atoms with E-state index < -0.39 is 184 Å². The molecule has 0 N–H and O–H groups in total. The Kier molecular flexibility index (Phi) is 3.82. The third-order valence-electron chi connectivity index (χ3n) is 8.26. The standard InChI is InChI=1S/C50H35N/c1-4-15-36(16-5-1)38-27-31-42(32-28-38)51(43-33-29-39(30-34-43)37-17-6-2-7-18-37)49-26-14-25-47(50(49)40-19-8-3-9-20-40)48-35-41-21-10-11-22-44(41)45-23-12-13-24-46(45)48/h1-35H/i1D,2D,3D,4D,5D,6D,7D,8D,9D,15D,16D,17D,18D,19D,20D,27D,28D,29D,30D,31D,32D,33D,34D. The highest BCUT2D eigenvalue weighted by atomic mass is 15.1. The van der Waals surface area contributed by atoms with Crippen LogP contribution in [0.3, 0.4) is 0 Å². The molecule has 0 fully saturated rings. The molecule has 0 amide bonds. The Morgan fingerprint density at radius 1 is 0.353 bits per heavy atom. The van der Waals surface area contributed by atoms with Gasteiger partial charge < -0.3 is 4.90 Å². The molecule has 0 heterocycles. The summed E-state index contributed by atoms with van der Waals surface area (Å²) in [6.45, 7) is 0. The fourth-order valence-corrected chi connectivity index (χ4v) is 6.05. The lowest BCUT2D eigenvalue weighted by molar-refractivity contribution is 1.28. The maximum atomic E-state index is 9.69. The van der Waals surface area contributed by atoms with E-state index in [-0.39, 0.29) is 11.1 Å². The highest BCUT2D eigenvalue weighted by molar-refractivity contribution is 6.15. The first-order valence-electron chi connectivity index (χ1n) is 27.1. The molecular weight excluding hydrogens is 615 g/mol. The third-order valence-corrected chi connectivity index (χ3v) is 8.26. The van der Waals surface area contributed by atoms with Crippen LogP contribution in [0.2, 0.25) is 0 Å². The largest absolute Gasteiger partial charge is 0.310 e. The fourth-order valence-electron chi connectivity index (χ4n) is 6.05. The summed E-state index contributed by atoms with van der Waals surface area (Å²) in [5.74, 6) is 0. The van der Waals surface area contributed by atoms with Crippen LogP contribution in [0.25, 0.3) is 66.1 Å². The van der Waals surface area contributed by atoms with E-state index in [9.17, 15) is 13.7 Å². The van der Waals surface area contributed by atoms with Crippen molar-refractivity contribution < 1.29 is 31.5 Å². The van der Waals surface area contributed by atoms with E-state index in [0.717, 1.165) is 15.7 Å². The highest BCUT2D eigenvalue weighted by Gasteiger charge is 2.22. The van der Waals surface area contributed by atoms with Gasteiger partial charge in [0.2, 0.25) is 0 Å². The molecule has 0 aromatic heterocycles. The van der Waals surface area contributed by atoms with Gasteiger partial charge in [0, 0.05) is 16.9 Å². The summed E-state index contributed by atoms with van der Waals surface area (Å²) < 4.78 is 206. The molecule has 0 spiro atoms. The lowest BCUT2D eigenvalue weighted by Crippen LogP contribution is -2.12. The predicted molar refractivity (Wildman–Crippen MR) is 218 cm³/mol. The zero-order valence-electron chi connectivity index (χ0n) is 49.4. The van der Waals surface area contributed by atoms with Crippen LogP contribution in [-0.4, -0.2) is 0 Å². The second-order valence-corrected chi connectivity index (χ2v) is 11.2. The molecule has 0 aliphatic rings. The minimum Gasteiger partial charge on any atom is -0.310 e. The van der Waals surface area contributed by atoms with Crippen LogP contribution in [-0.2, 0) is 0 Å². The zero-order valence-corrected chi connectivity index (χ0v) is 26.4. The van der Waals surface area contributed by atoms with E-state index in [2.05, 4.69) is 0 Å². The van der Waals surface area contributed by atoms with E-state index in [0.29, 0.717) is 16.3 Å². The minimum atomic E-state index is -1.03. The summed E-state index contributed by atoms with van der Waals surface area (Å²) in [6.07, 6.45) is 0. The number of hydrogen-bond acceptors (Lipinski definition) is 1. The zero-order chi connectivity index (χ0) is 54.0. The average Bonchev–Trinajstić information content (AvgIpc) is 3.39. The number of anilines is 3. The summed E-state index contributed by atoms with van der Waals surface area (Å²) in [7, 11) is 0. The molecule has 0 aliphatic heterocycles. The Bertz CT molecular complexity index is 3680. The number of rotatable bonds is 7. The van der Waals surface area contributed by atoms with Crippen molar-refractivity contribution in [1.82, 2.24) is 0 Å². The first-order valence-corrected chi connectivity index (χ1v) is 15.6. The van der Waals surface area contributed by atoms with Crippen molar-refractivity contribution in [3.63, 3.8) is 0 Å². The van der Waals surface area contributed by atoms with E-state index in [1.54, 1.807) is 36.4 Å². The molecule has 0 bridgehead atoms. The van der Waals surface area contributed by atoms with Gasteiger partial charge in [0.25, 0.3) is 0 Å². The van der Waals surface area contributed by atoms with Crippen molar-refractivity contribution in [3.05, 3.63) is 212 Å². The minimum absolute atomic E-state index is 0.130. The van der Waals surface area contributed by atoms with Crippen LogP contribution in [0.4, 0.5) is 17.1 Å². The first-order chi connectivity index (χ1) is 34.9. The van der Waals surface area contributed by atoms with Gasteiger partial charge in [0.1, 0.15) is 0 Å². The first kappa shape index (κ1) is 14.6. The van der Waals surface area contributed by atoms with Gasteiger partial charge >= 0.3 is 0 Å². The van der Waals surface area contributed by atoms with Gasteiger partial charge in [-0.3, -0.25) is 0 Å². The Morgan fingerprint density at radius 3 is 1.39 bits per heavy atom.